The van der Waals surface area contributed by atoms with Crippen LogP contribution in [0.1, 0.15) is 0 Å². The molecule has 0 fully saturated rings. The Morgan fingerprint density at radius 2 is 0.481 bits per heavy atom. The van der Waals surface area contributed by atoms with E-state index in [-0.39, 0.29) is 0 Å². The number of benzene rings is 10. The highest BCUT2D eigenvalue weighted by Gasteiger charge is 2.27. The molecule has 0 bridgehead atoms. The van der Waals surface area contributed by atoms with Crippen LogP contribution in [-0.4, -0.2) is 0 Å². The molecule has 0 radical (unpaired) electrons. The van der Waals surface area contributed by atoms with Crippen molar-refractivity contribution in [2.45, 2.75) is 0 Å². The molecule has 0 aromatic heterocycles. The third kappa shape index (κ3) is 4.88. The Hall–Kier alpha value is -6.90. The van der Waals surface area contributed by atoms with Crippen molar-refractivity contribution < 1.29 is 0 Å². The van der Waals surface area contributed by atoms with Gasteiger partial charge in [-0.3, -0.25) is 0 Å². The zero-order chi connectivity index (χ0) is 34.4. The minimum absolute atomic E-state index is 1.09. The molecule has 0 amide bonds. The van der Waals surface area contributed by atoms with E-state index >= 15 is 0 Å². The predicted octanol–water partition coefficient (Wildman–Crippen LogP) is 14.4. The second-order valence-corrected chi connectivity index (χ2v) is 13.3. The molecule has 2 nitrogen and oxygen atoms in total. The van der Waals surface area contributed by atoms with Crippen molar-refractivity contribution in [2.24, 2.45) is 0 Å². The van der Waals surface area contributed by atoms with Gasteiger partial charge in [0.2, 0.25) is 0 Å². The first kappa shape index (κ1) is 30.0. The maximum Gasteiger partial charge on any atom is 0.0781 e. The van der Waals surface area contributed by atoms with Gasteiger partial charge in [-0.1, -0.05) is 176 Å². The smallest absolute Gasteiger partial charge is 0.0781 e. The van der Waals surface area contributed by atoms with E-state index in [4.69, 9.17) is 0 Å². The third-order valence-electron chi connectivity index (χ3n) is 10.4. The molecule has 0 saturated heterocycles. The summed E-state index contributed by atoms with van der Waals surface area (Å²) in [5.74, 6) is 0. The lowest BCUT2D eigenvalue weighted by atomic mass is 9.98. The molecule has 2 heteroatoms. The highest BCUT2D eigenvalue weighted by atomic mass is 15.2. The third-order valence-corrected chi connectivity index (χ3v) is 10.4. The van der Waals surface area contributed by atoms with Crippen molar-refractivity contribution in [3.63, 3.8) is 0 Å². The Bertz CT molecular complexity index is 2760. The van der Waals surface area contributed by atoms with E-state index in [1.807, 2.05) is 0 Å². The van der Waals surface area contributed by atoms with Gasteiger partial charge in [0.15, 0.2) is 0 Å². The van der Waals surface area contributed by atoms with Gasteiger partial charge in [-0.25, -0.2) is 0 Å². The normalized spacial score (nSPS) is 11.5. The number of fused-ring (bicyclic) bond motifs is 5. The van der Waals surface area contributed by atoms with E-state index in [0.29, 0.717) is 0 Å². The van der Waals surface area contributed by atoms with Gasteiger partial charge in [0.05, 0.1) is 34.1 Å². The van der Waals surface area contributed by atoms with Crippen LogP contribution < -0.4 is 9.80 Å². The second kappa shape index (κ2) is 12.5. The van der Waals surface area contributed by atoms with Crippen molar-refractivity contribution >= 4 is 88.0 Å². The first-order valence-electron chi connectivity index (χ1n) is 17.9. The topological polar surface area (TPSA) is 6.48 Å². The monoisotopic (exact) mass is 662 g/mol. The molecule has 0 heterocycles. The molecule has 52 heavy (non-hydrogen) atoms. The van der Waals surface area contributed by atoms with Gasteiger partial charge in [-0.2, -0.15) is 0 Å². The van der Waals surface area contributed by atoms with E-state index in [0.717, 1.165) is 34.1 Å². The number of nitrogens with zero attached hydrogens (tertiary/aromatic N) is 2. The fourth-order valence-electron chi connectivity index (χ4n) is 8.03. The Morgan fingerprint density at radius 3 is 0.865 bits per heavy atom. The first-order chi connectivity index (χ1) is 25.8. The molecule has 0 aliphatic carbocycles. The zero-order valence-corrected chi connectivity index (χ0v) is 28.5. The van der Waals surface area contributed by atoms with Crippen molar-refractivity contribution in [3.05, 3.63) is 206 Å². The average Bonchev–Trinajstić information content (AvgIpc) is 3.22. The summed E-state index contributed by atoms with van der Waals surface area (Å²) in [5.41, 5.74) is 6.72. The van der Waals surface area contributed by atoms with E-state index in [2.05, 4.69) is 216 Å². The minimum atomic E-state index is 1.09. The van der Waals surface area contributed by atoms with Crippen LogP contribution in [-0.2, 0) is 0 Å². The number of rotatable bonds is 6. The zero-order valence-electron chi connectivity index (χ0n) is 28.5. The number of anilines is 6. The summed E-state index contributed by atoms with van der Waals surface area (Å²) in [5, 5.41) is 11.9. The Kier molecular flexibility index (Phi) is 7.18. The number of hydrogen-bond acceptors (Lipinski definition) is 2. The molecule has 0 saturated carbocycles. The number of hydrogen-bond donors (Lipinski definition) is 0. The van der Waals surface area contributed by atoms with E-state index in [1.165, 1.54) is 53.9 Å². The molecule has 10 aromatic rings. The Labute approximate surface area is 303 Å². The van der Waals surface area contributed by atoms with Crippen LogP contribution in [0.5, 0.6) is 0 Å². The standard InChI is InChI=1S/C50H34N2/c1-6-24-40-35(15-1)20-11-29-45(40)51(46-30-12-21-36-16-2-7-25-41(36)46)49-34-33-39-19-5-10-28-44(39)50(49)52(47-31-13-22-37-17-3-8-26-42(37)47)48-32-14-23-38-18-4-9-27-43(38)48/h1-34H. The lowest BCUT2D eigenvalue weighted by molar-refractivity contribution is 1.26. The van der Waals surface area contributed by atoms with Crippen molar-refractivity contribution in [3.8, 4) is 0 Å². The molecule has 10 rings (SSSR count). The molecule has 244 valence electrons. The minimum Gasteiger partial charge on any atom is -0.307 e. The largest absolute Gasteiger partial charge is 0.307 e. The van der Waals surface area contributed by atoms with Gasteiger partial charge < -0.3 is 9.80 Å². The van der Waals surface area contributed by atoms with E-state index in [1.54, 1.807) is 0 Å². The molecule has 0 aliphatic heterocycles. The summed E-state index contributed by atoms with van der Waals surface area (Å²) in [7, 11) is 0. The molecule has 10 aromatic carbocycles. The molecule has 0 spiro atoms. The van der Waals surface area contributed by atoms with Crippen LogP contribution in [0.25, 0.3) is 53.9 Å². The Morgan fingerprint density at radius 1 is 0.192 bits per heavy atom. The maximum absolute atomic E-state index is 2.52. The summed E-state index contributed by atoms with van der Waals surface area (Å²) < 4.78 is 0. The maximum atomic E-state index is 2.52. The quantitative estimate of drug-likeness (QED) is 0.175. The molecule has 0 aliphatic rings. The van der Waals surface area contributed by atoms with Gasteiger partial charge >= 0.3 is 0 Å². The summed E-state index contributed by atoms with van der Waals surface area (Å²) in [4.78, 5) is 5.02. The van der Waals surface area contributed by atoms with Crippen molar-refractivity contribution in [1.82, 2.24) is 0 Å². The van der Waals surface area contributed by atoms with Crippen LogP contribution in [0.2, 0.25) is 0 Å². The van der Waals surface area contributed by atoms with Crippen molar-refractivity contribution in [1.29, 1.82) is 0 Å². The van der Waals surface area contributed by atoms with Gasteiger partial charge in [-0.15, -0.1) is 0 Å². The lowest BCUT2D eigenvalue weighted by Crippen LogP contribution is -2.18. The fraction of sp³-hybridized carbons (Fsp3) is 0. The Balaban J connectivity index is 1.40. The van der Waals surface area contributed by atoms with Crippen LogP contribution >= 0.6 is 0 Å². The van der Waals surface area contributed by atoms with Crippen molar-refractivity contribution in [2.75, 3.05) is 9.80 Å². The fourth-order valence-corrected chi connectivity index (χ4v) is 8.03. The van der Waals surface area contributed by atoms with Gasteiger partial charge in [0, 0.05) is 26.9 Å². The summed E-state index contributed by atoms with van der Waals surface area (Å²) >= 11 is 0. The van der Waals surface area contributed by atoms with Gasteiger partial charge in [0.25, 0.3) is 0 Å². The highest BCUT2D eigenvalue weighted by Crippen LogP contribution is 2.53. The average molecular weight is 663 g/mol. The summed E-state index contributed by atoms with van der Waals surface area (Å²) in [6, 6.07) is 75.0. The van der Waals surface area contributed by atoms with Crippen LogP contribution in [0.4, 0.5) is 34.1 Å². The second-order valence-electron chi connectivity index (χ2n) is 13.3. The highest BCUT2D eigenvalue weighted by molar-refractivity contribution is 6.15. The van der Waals surface area contributed by atoms with Gasteiger partial charge in [0.1, 0.15) is 0 Å². The van der Waals surface area contributed by atoms with Crippen LogP contribution in [0.3, 0.4) is 0 Å². The summed E-state index contributed by atoms with van der Waals surface area (Å²) in [6.45, 7) is 0. The van der Waals surface area contributed by atoms with E-state index in [9.17, 15) is 0 Å². The summed E-state index contributed by atoms with van der Waals surface area (Å²) in [6.07, 6.45) is 0. The van der Waals surface area contributed by atoms with Crippen LogP contribution in [0, 0.1) is 0 Å². The molecule has 0 atom stereocenters. The lowest BCUT2D eigenvalue weighted by Gasteiger charge is -2.36. The first-order valence-corrected chi connectivity index (χ1v) is 17.9. The molecular formula is C50H34N2. The molecular weight excluding hydrogens is 629 g/mol. The molecule has 0 unspecified atom stereocenters. The SMILES string of the molecule is c1ccc2c(N(c3ccc4ccccc4c3N(c3cccc4ccccc34)c3cccc4ccccc34)c3cccc4ccccc34)cccc2c1. The molecule has 0 N–H and O–H groups in total. The predicted molar refractivity (Wildman–Crippen MR) is 223 cm³/mol. The van der Waals surface area contributed by atoms with Gasteiger partial charge in [-0.05, 0) is 57.3 Å². The van der Waals surface area contributed by atoms with E-state index < -0.39 is 0 Å². The van der Waals surface area contributed by atoms with Crippen LogP contribution in [0.15, 0.2) is 206 Å².